The summed E-state index contributed by atoms with van der Waals surface area (Å²) < 4.78 is 10.9. The van der Waals surface area contributed by atoms with Crippen molar-refractivity contribution in [2.24, 2.45) is 0 Å². The first-order valence-corrected chi connectivity index (χ1v) is 6.46. The molecule has 4 nitrogen and oxygen atoms in total. The van der Waals surface area contributed by atoms with Crippen LogP contribution in [0.3, 0.4) is 0 Å². The van der Waals surface area contributed by atoms with Gasteiger partial charge in [-0.15, -0.1) is 0 Å². The molecule has 0 aromatic heterocycles. The second kappa shape index (κ2) is 5.06. The average molecular weight is 290 g/mol. The number of ether oxygens (including phenoxy) is 2. The van der Waals surface area contributed by atoms with Crippen LogP contribution in [0.15, 0.2) is 42.5 Å². The first-order chi connectivity index (χ1) is 9.67. The van der Waals surface area contributed by atoms with Crippen molar-refractivity contribution >= 4 is 17.5 Å². The molecule has 1 aliphatic rings. The molecule has 1 heterocycles. The van der Waals surface area contributed by atoms with Crippen LogP contribution in [-0.4, -0.2) is 13.0 Å². The van der Waals surface area contributed by atoms with Gasteiger partial charge in [0.25, 0.3) is 5.91 Å². The van der Waals surface area contributed by atoms with Crippen molar-refractivity contribution in [1.29, 1.82) is 0 Å². The summed E-state index contributed by atoms with van der Waals surface area (Å²) in [5, 5.41) is 3.30. The molecule has 1 aliphatic heterocycles. The number of hydrogen-bond donors (Lipinski definition) is 1. The second-order valence-corrected chi connectivity index (χ2v) is 4.82. The monoisotopic (exact) mass is 289 g/mol. The highest BCUT2D eigenvalue weighted by Gasteiger charge is 2.26. The third-order valence-electron chi connectivity index (χ3n) is 3.11. The number of halogens is 1. The van der Waals surface area contributed by atoms with E-state index in [0.29, 0.717) is 16.3 Å². The number of rotatable bonds is 2. The van der Waals surface area contributed by atoms with Crippen LogP contribution in [0.1, 0.15) is 22.1 Å². The Morgan fingerprint density at radius 3 is 2.65 bits per heavy atom. The van der Waals surface area contributed by atoms with Gasteiger partial charge in [0.05, 0.1) is 12.7 Å². The molecule has 3 rings (SSSR count). The van der Waals surface area contributed by atoms with Gasteiger partial charge in [-0.1, -0.05) is 11.6 Å². The number of carbonyl (C=O) groups is 1. The van der Waals surface area contributed by atoms with Crippen molar-refractivity contribution < 1.29 is 14.3 Å². The van der Waals surface area contributed by atoms with E-state index in [1.165, 1.54) is 0 Å². The van der Waals surface area contributed by atoms with E-state index in [-0.39, 0.29) is 5.91 Å². The van der Waals surface area contributed by atoms with Crippen molar-refractivity contribution in [3.05, 3.63) is 58.6 Å². The molecule has 2 aromatic rings. The summed E-state index contributed by atoms with van der Waals surface area (Å²) in [4.78, 5) is 12.1. The molecule has 0 bridgehead atoms. The fourth-order valence-corrected chi connectivity index (χ4v) is 2.24. The van der Waals surface area contributed by atoms with Crippen molar-refractivity contribution in [1.82, 2.24) is 5.32 Å². The van der Waals surface area contributed by atoms with Crippen LogP contribution in [0.2, 0.25) is 5.02 Å². The zero-order valence-corrected chi connectivity index (χ0v) is 11.5. The summed E-state index contributed by atoms with van der Waals surface area (Å²) in [6.07, 6.45) is -0.512. The molecule has 0 saturated heterocycles. The molecule has 5 heteroatoms. The lowest BCUT2D eigenvalue weighted by atomic mass is 10.1. The molecule has 0 fully saturated rings. The van der Waals surface area contributed by atoms with Crippen LogP contribution >= 0.6 is 11.6 Å². The summed E-state index contributed by atoms with van der Waals surface area (Å²) in [6.45, 7) is 0. The lowest BCUT2D eigenvalue weighted by Gasteiger charge is -2.27. The van der Waals surface area contributed by atoms with E-state index >= 15 is 0 Å². The first-order valence-electron chi connectivity index (χ1n) is 6.08. The molecular weight excluding hydrogens is 278 g/mol. The fraction of sp³-hybridized carbons (Fsp3) is 0.133. The maximum atomic E-state index is 12.1. The summed E-state index contributed by atoms with van der Waals surface area (Å²) in [5.41, 5.74) is 1.29. The van der Waals surface area contributed by atoms with Crippen LogP contribution in [0.25, 0.3) is 0 Å². The van der Waals surface area contributed by atoms with Gasteiger partial charge in [-0.3, -0.25) is 4.79 Å². The van der Waals surface area contributed by atoms with E-state index < -0.39 is 6.23 Å². The number of nitrogens with one attached hydrogen (secondary N) is 1. The molecule has 0 saturated carbocycles. The van der Waals surface area contributed by atoms with Crippen molar-refractivity contribution in [2.45, 2.75) is 6.23 Å². The summed E-state index contributed by atoms with van der Waals surface area (Å²) in [7, 11) is 1.61. The molecule has 1 unspecified atom stereocenters. The van der Waals surface area contributed by atoms with Crippen LogP contribution in [-0.2, 0) is 0 Å². The van der Waals surface area contributed by atoms with E-state index in [1.807, 2.05) is 24.3 Å². The zero-order chi connectivity index (χ0) is 14.1. The molecule has 0 spiro atoms. The largest absolute Gasteiger partial charge is 0.497 e. The Bertz CT molecular complexity index is 655. The van der Waals surface area contributed by atoms with E-state index in [0.717, 1.165) is 11.3 Å². The molecule has 2 aromatic carbocycles. The number of methoxy groups -OCH3 is 1. The maximum absolute atomic E-state index is 12.1. The third-order valence-corrected chi connectivity index (χ3v) is 3.35. The lowest BCUT2D eigenvalue weighted by molar-refractivity contribution is 0.0756. The zero-order valence-electron chi connectivity index (χ0n) is 10.7. The van der Waals surface area contributed by atoms with Gasteiger partial charge in [0.1, 0.15) is 11.5 Å². The van der Waals surface area contributed by atoms with Crippen molar-refractivity contribution in [3.63, 3.8) is 0 Å². The summed E-state index contributed by atoms with van der Waals surface area (Å²) in [6, 6.07) is 12.3. The van der Waals surface area contributed by atoms with Gasteiger partial charge in [-0.2, -0.15) is 0 Å². The maximum Gasteiger partial charge on any atom is 0.258 e. The molecule has 102 valence electrons. The first kappa shape index (κ1) is 12.8. The standard InChI is InChI=1S/C15H12ClNO3/c1-19-11-5-2-9(3-6-11)15-17-14(18)12-8-10(16)4-7-13(12)20-15/h2-8,15H,1H3,(H,17,18). The Labute approximate surface area is 121 Å². The number of fused-ring (bicyclic) bond motifs is 1. The highest BCUT2D eigenvalue weighted by Crippen LogP contribution is 2.31. The molecule has 1 atom stereocenters. The summed E-state index contributed by atoms with van der Waals surface area (Å²) in [5.74, 6) is 1.08. The van der Waals surface area contributed by atoms with Gasteiger partial charge in [0.15, 0.2) is 6.23 Å². The van der Waals surface area contributed by atoms with Gasteiger partial charge in [-0.05, 0) is 42.5 Å². The number of amides is 1. The molecule has 20 heavy (non-hydrogen) atoms. The van der Waals surface area contributed by atoms with Crippen LogP contribution in [0, 0.1) is 0 Å². The molecule has 0 radical (unpaired) electrons. The normalized spacial score (nSPS) is 16.9. The number of benzene rings is 2. The second-order valence-electron chi connectivity index (χ2n) is 4.38. The quantitative estimate of drug-likeness (QED) is 0.924. The van der Waals surface area contributed by atoms with E-state index in [2.05, 4.69) is 5.32 Å². The fourth-order valence-electron chi connectivity index (χ4n) is 2.07. The van der Waals surface area contributed by atoms with Crippen molar-refractivity contribution in [2.75, 3.05) is 7.11 Å². The number of carbonyl (C=O) groups excluding carboxylic acids is 1. The minimum atomic E-state index is -0.512. The highest BCUT2D eigenvalue weighted by atomic mass is 35.5. The molecular formula is C15H12ClNO3. The number of hydrogen-bond acceptors (Lipinski definition) is 3. The smallest absolute Gasteiger partial charge is 0.258 e. The molecule has 1 N–H and O–H groups in total. The molecule has 0 aliphatic carbocycles. The minimum absolute atomic E-state index is 0.199. The minimum Gasteiger partial charge on any atom is -0.497 e. The Morgan fingerprint density at radius 2 is 1.95 bits per heavy atom. The molecule has 1 amide bonds. The lowest BCUT2D eigenvalue weighted by Crippen LogP contribution is -2.36. The predicted molar refractivity (Wildman–Crippen MR) is 75.3 cm³/mol. The van der Waals surface area contributed by atoms with E-state index in [1.54, 1.807) is 25.3 Å². The van der Waals surface area contributed by atoms with Crippen LogP contribution in [0.4, 0.5) is 0 Å². The highest BCUT2D eigenvalue weighted by molar-refractivity contribution is 6.31. The van der Waals surface area contributed by atoms with Gasteiger partial charge < -0.3 is 14.8 Å². The third kappa shape index (κ3) is 2.30. The Kier molecular flexibility index (Phi) is 3.24. The predicted octanol–water partition coefficient (Wildman–Crippen LogP) is 3.17. The van der Waals surface area contributed by atoms with Crippen molar-refractivity contribution in [3.8, 4) is 11.5 Å². The van der Waals surface area contributed by atoms with Crippen LogP contribution < -0.4 is 14.8 Å². The van der Waals surface area contributed by atoms with Gasteiger partial charge in [-0.25, -0.2) is 0 Å². The van der Waals surface area contributed by atoms with Gasteiger partial charge in [0, 0.05) is 10.6 Å². The average Bonchev–Trinajstić information content (AvgIpc) is 2.48. The summed E-state index contributed by atoms with van der Waals surface area (Å²) >= 11 is 5.88. The van der Waals surface area contributed by atoms with E-state index in [9.17, 15) is 4.79 Å². The van der Waals surface area contributed by atoms with Crippen LogP contribution in [0.5, 0.6) is 11.5 Å². The Balaban J connectivity index is 1.90. The Hall–Kier alpha value is -2.20. The topological polar surface area (TPSA) is 47.6 Å². The Morgan fingerprint density at radius 1 is 1.20 bits per heavy atom. The van der Waals surface area contributed by atoms with Gasteiger partial charge >= 0.3 is 0 Å². The van der Waals surface area contributed by atoms with E-state index in [4.69, 9.17) is 21.1 Å². The SMILES string of the molecule is COc1ccc(C2NC(=O)c3cc(Cl)ccc3O2)cc1. The van der Waals surface area contributed by atoms with Gasteiger partial charge in [0.2, 0.25) is 0 Å².